The van der Waals surface area contributed by atoms with E-state index in [1.807, 2.05) is 17.9 Å². The minimum absolute atomic E-state index is 0.300. The lowest BCUT2D eigenvalue weighted by atomic mass is 9.88. The lowest BCUT2D eigenvalue weighted by molar-refractivity contribution is 0.0746. The van der Waals surface area contributed by atoms with Gasteiger partial charge in [-0.25, -0.2) is 0 Å². The van der Waals surface area contributed by atoms with E-state index < -0.39 is 0 Å². The Morgan fingerprint density at radius 3 is 2.72 bits per heavy atom. The summed E-state index contributed by atoms with van der Waals surface area (Å²) >= 11 is 0. The Morgan fingerprint density at radius 1 is 1.44 bits per heavy atom. The van der Waals surface area contributed by atoms with Gasteiger partial charge in [-0.05, 0) is 19.8 Å². The average molecular weight is 250 g/mol. The van der Waals surface area contributed by atoms with E-state index in [-0.39, 0.29) is 0 Å². The van der Waals surface area contributed by atoms with E-state index in [0.29, 0.717) is 11.6 Å². The van der Waals surface area contributed by atoms with Gasteiger partial charge in [0.15, 0.2) is 0 Å². The highest BCUT2D eigenvalue weighted by Gasteiger charge is 2.34. The van der Waals surface area contributed by atoms with E-state index >= 15 is 0 Å². The molecule has 0 bridgehead atoms. The summed E-state index contributed by atoms with van der Waals surface area (Å²) in [5, 5.41) is 8.00. The molecule has 0 spiro atoms. The molecule has 1 fully saturated rings. The van der Waals surface area contributed by atoms with Crippen LogP contribution in [0.4, 0.5) is 0 Å². The highest BCUT2D eigenvalue weighted by molar-refractivity contribution is 5.06. The zero-order chi connectivity index (χ0) is 13.2. The van der Waals surface area contributed by atoms with Crippen LogP contribution in [0.2, 0.25) is 0 Å². The summed E-state index contributed by atoms with van der Waals surface area (Å²) in [4.78, 5) is 2.58. The Bertz CT molecular complexity index is 381. The fraction of sp³-hybridized carbons (Fsp3) is 0.786. The van der Waals surface area contributed by atoms with E-state index in [9.17, 15) is 0 Å². The Morgan fingerprint density at radius 2 is 2.17 bits per heavy atom. The molecule has 1 aliphatic rings. The molecule has 4 heteroatoms. The van der Waals surface area contributed by atoms with Crippen molar-refractivity contribution in [1.82, 2.24) is 20.0 Å². The van der Waals surface area contributed by atoms with Gasteiger partial charge < -0.3 is 5.32 Å². The lowest BCUT2D eigenvalue weighted by Gasteiger charge is -2.46. The SMILES string of the molecule is CCC1(CC)CN(Cc2cnn(C)c2)C(C)CN1. The molecular formula is C14H26N4. The molecule has 1 saturated heterocycles. The molecule has 102 valence electrons. The largest absolute Gasteiger partial charge is 0.308 e. The third-order valence-electron chi connectivity index (χ3n) is 4.40. The summed E-state index contributed by atoms with van der Waals surface area (Å²) in [5.74, 6) is 0. The minimum atomic E-state index is 0.300. The number of piperazine rings is 1. The number of nitrogens with one attached hydrogen (secondary N) is 1. The quantitative estimate of drug-likeness (QED) is 0.884. The van der Waals surface area contributed by atoms with Crippen molar-refractivity contribution in [2.45, 2.75) is 51.7 Å². The molecule has 1 atom stereocenters. The highest BCUT2D eigenvalue weighted by atomic mass is 15.3. The molecule has 4 nitrogen and oxygen atoms in total. The van der Waals surface area contributed by atoms with Crippen LogP contribution in [0.1, 0.15) is 39.2 Å². The molecule has 0 aliphatic carbocycles. The van der Waals surface area contributed by atoms with Crippen molar-refractivity contribution >= 4 is 0 Å². The Labute approximate surface area is 110 Å². The van der Waals surface area contributed by atoms with Gasteiger partial charge in [0.05, 0.1) is 6.20 Å². The van der Waals surface area contributed by atoms with Gasteiger partial charge in [-0.2, -0.15) is 5.10 Å². The van der Waals surface area contributed by atoms with Crippen LogP contribution in [0.5, 0.6) is 0 Å². The Balaban J connectivity index is 2.05. The van der Waals surface area contributed by atoms with Crippen LogP contribution in [0.3, 0.4) is 0 Å². The molecule has 0 amide bonds. The standard InChI is InChI=1S/C14H26N4/c1-5-14(6-2)11-18(12(3)7-15-14)10-13-8-16-17(4)9-13/h8-9,12,15H,5-7,10-11H2,1-4H3. The predicted octanol–water partition coefficient (Wildman–Crippen LogP) is 1.77. The number of hydrogen-bond acceptors (Lipinski definition) is 3. The molecule has 1 aromatic heterocycles. The third kappa shape index (κ3) is 2.75. The third-order valence-corrected chi connectivity index (χ3v) is 4.40. The maximum atomic E-state index is 4.26. The fourth-order valence-corrected chi connectivity index (χ4v) is 2.82. The van der Waals surface area contributed by atoms with Crippen LogP contribution in [0.15, 0.2) is 12.4 Å². The zero-order valence-electron chi connectivity index (χ0n) is 12.1. The first kappa shape index (κ1) is 13.6. The Hall–Kier alpha value is -0.870. The summed E-state index contributed by atoms with van der Waals surface area (Å²) in [6, 6.07) is 0.594. The molecule has 1 aliphatic heterocycles. The van der Waals surface area contributed by atoms with Crippen LogP contribution in [-0.2, 0) is 13.6 Å². The molecule has 2 heterocycles. The predicted molar refractivity (Wildman–Crippen MR) is 74.4 cm³/mol. The van der Waals surface area contributed by atoms with Gasteiger partial charge in [0, 0.05) is 50.0 Å². The van der Waals surface area contributed by atoms with Crippen molar-refractivity contribution in [2.24, 2.45) is 7.05 Å². The molecular weight excluding hydrogens is 224 g/mol. The zero-order valence-corrected chi connectivity index (χ0v) is 12.1. The first-order chi connectivity index (χ1) is 8.58. The second kappa shape index (κ2) is 5.41. The van der Waals surface area contributed by atoms with E-state index in [4.69, 9.17) is 0 Å². The monoisotopic (exact) mass is 250 g/mol. The summed E-state index contributed by atoms with van der Waals surface area (Å²) in [5.41, 5.74) is 1.61. The van der Waals surface area contributed by atoms with Crippen LogP contribution >= 0.6 is 0 Å². The maximum Gasteiger partial charge on any atom is 0.0534 e. The van der Waals surface area contributed by atoms with Crippen LogP contribution in [-0.4, -0.2) is 39.4 Å². The number of aromatic nitrogens is 2. The average Bonchev–Trinajstić information content (AvgIpc) is 2.78. The maximum absolute atomic E-state index is 4.26. The Kier molecular flexibility index (Phi) is 4.07. The first-order valence-electron chi connectivity index (χ1n) is 7.05. The molecule has 18 heavy (non-hydrogen) atoms. The van der Waals surface area contributed by atoms with Crippen LogP contribution in [0, 0.1) is 0 Å². The fourth-order valence-electron chi connectivity index (χ4n) is 2.82. The van der Waals surface area contributed by atoms with E-state index in [1.54, 1.807) is 0 Å². The first-order valence-corrected chi connectivity index (χ1v) is 7.05. The summed E-state index contributed by atoms with van der Waals surface area (Å²) < 4.78 is 1.88. The van der Waals surface area contributed by atoms with Gasteiger partial charge in [0.1, 0.15) is 0 Å². The van der Waals surface area contributed by atoms with Crippen molar-refractivity contribution in [3.05, 3.63) is 18.0 Å². The van der Waals surface area contributed by atoms with Crippen molar-refractivity contribution < 1.29 is 0 Å². The highest BCUT2D eigenvalue weighted by Crippen LogP contribution is 2.23. The van der Waals surface area contributed by atoms with E-state index in [1.165, 1.54) is 18.4 Å². The van der Waals surface area contributed by atoms with Crippen molar-refractivity contribution in [3.8, 4) is 0 Å². The van der Waals surface area contributed by atoms with Gasteiger partial charge in [0.2, 0.25) is 0 Å². The normalized spacial score (nSPS) is 24.3. The second-order valence-electron chi connectivity index (χ2n) is 5.64. The van der Waals surface area contributed by atoms with Gasteiger partial charge in [-0.3, -0.25) is 9.58 Å². The van der Waals surface area contributed by atoms with Crippen molar-refractivity contribution in [3.63, 3.8) is 0 Å². The van der Waals surface area contributed by atoms with Crippen LogP contribution < -0.4 is 5.32 Å². The van der Waals surface area contributed by atoms with E-state index in [2.05, 4.69) is 42.3 Å². The summed E-state index contributed by atoms with van der Waals surface area (Å²) in [6.45, 7) is 10.1. The number of hydrogen-bond donors (Lipinski definition) is 1. The van der Waals surface area contributed by atoms with Crippen molar-refractivity contribution in [2.75, 3.05) is 13.1 Å². The summed E-state index contributed by atoms with van der Waals surface area (Å²) in [6.07, 6.45) is 6.49. The second-order valence-corrected chi connectivity index (χ2v) is 5.64. The lowest BCUT2D eigenvalue weighted by Crippen LogP contribution is -2.62. The topological polar surface area (TPSA) is 33.1 Å². The molecule has 1 aromatic rings. The molecule has 2 rings (SSSR count). The van der Waals surface area contributed by atoms with E-state index in [0.717, 1.165) is 19.6 Å². The smallest absolute Gasteiger partial charge is 0.0534 e. The summed E-state index contributed by atoms with van der Waals surface area (Å²) in [7, 11) is 1.98. The van der Waals surface area contributed by atoms with Gasteiger partial charge in [-0.1, -0.05) is 13.8 Å². The van der Waals surface area contributed by atoms with Gasteiger partial charge >= 0.3 is 0 Å². The molecule has 0 radical (unpaired) electrons. The molecule has 1 unspecified atom stereocenters. The minimum Gasteiger partial charge on any atom is -0.308 e. The number of nitrogens with zero attached hydrogens (tertiary/aromatic N) is 3. The van der Waals surface area contributed by atoms with Crippen LogP contribution in [0.25, 0.3) is 0 Å². The number of aryl methyl sites for hydroxylation is 1. The molecule has 0 saturated carbocycles. The van der Waals surface area contributed by atoms with Gasteiger partial charge in [0.25, 0.3) is 0 Å². The van der Waals surface area contributed by atoms with Gasteiger partial charge in [-0.15, -0.1) is 0 Å². The molecule has 0 aromatic carbocycles. The molecule has 1 N–H and O–H groups in total. The number of rotatable bonds is 4. The van der Waals surface area contributed by atoms with Crippen molar-refractivity contribution in [1.29, 1.82) is 0 Å².